The first-order valence-electron chi connectivity index (χ1n) is 16.4. The molecule has 5 N–H and O–H groups in total. The second-order valence-corrected chi connectivity index (χ2v) is 14.4. The molecule has 0 spiro atoms. The Morgan fingerprint density at radius 2 is 1.06 bits per heavy atom. The fraction of sp³-hybridized carbons (Fsp3) is 0.676. The monoisotopic (exact) mass is 679 g/mol. The molecule has 0 aliphatic rings. The molecule has 14 nitrogen and oxygen atoms in total. The Balaban J connectivity index is 2.79. The van der Waals surface area contributed by atoms with E-state index in [9.17, 15) is 24.0 Å². The maximum absolute atomic E-state index is 13.1. The Bertz CT molecular complexity index is 1160. The summed E-state index contributed by atoms with van der Waals surface area (Å²) >= 11 is 0. The van der Waals surface area contributed by atoms with Gasteiger partial charge in [-0.15, -0.1) is 0 Å². The van der Waals surface area contributed by atoms with Gasteiger partial charge in [-0.3, -0.25) is 4.79 Å². The van der Waals surface area contributed by atoms with Crippen LogP contribution in [-0.4, -0.2) is 78.8 Å². The SMILES string of the molecule is CC(C)(C)OC(=O)NCCC[C@@H](CC(=O)NC[C@H](CCCNC(=O)OC(C)(C)C)NC(=O)OC(C)(C)C)NC(=O)OCc1ccccc1. The van der Waals surface area contributed by atoms with E-state index in [0.29, 0.717) is 32.2 Å². The van der Waals surface area contributed by atoms with Gasteiger partial charge < -0.3 is 45.5 Å². The third-order valence-corrected chi connectivity index (χ3v) is 6.03. The van der Waals surface area contributed by atoms with Crippen molar-refractivity contribution in [3.63, 3.8) is 0 Å². The summed E-state index contributed by atoms with van der Waals surface area (Å²) in [5.41, 5.74) is -1.18. The lowest BCUT2D eigenvalue weighted by Crippen LogP contribution is -2.47. The molecule has 5 amide bonds. The quantitative estimate of drug-likeness (QED) is 0.114. The second-order valence-electron chi connectivity index (χ2n) is 14.4. The van der Waals surface area contributed by atoms with Crippen LogP contribution in [-0.2, 0) is 30.3 Å². The zero-order valence-corrected chi connectivity index (χ0v) is 30.1. The van der Waals surface area contributed by atoms with Crippen molar-refractivity contribution in [1.82, 2.24) is 26.6 Å². The zero-order valence-electron chi connectivity index (χ0n) is 30.1. The van der Waals surface area contributed by atoms with Crippen molar-refractivity contribution >= 4 is 30.3 Å². The summed E-state index contributed by atoms with van der Waals surface area (Å²) in [6, 6.07) is 8.07. The average molecular weight is 680 g/mol. The lowest BCUT2D eigenvalue weighted by molar-refractivity contribution is -0.121. The van der Waals surface area contributed by atoms with Gasteiger partial charge in [0.1, 0.15) is 23.4 Å². The van der Waals surface area contributed by atoms with Gasteiger partial charge in [0.25, 0.3) is 0 Å². The van der Waals surface area contributed by atoms with Crippen LogP contribution in [0.4, 0.5) is 19.2 Å². The van der Waals surface area contributed by atoms with Crippen LogP contribution in [0.25, 0.3) is 0 Å². The topological polar surface area (TPSA) is 182 Å². The second kappa shape index (κ2) is 20.2. The number of rotatable bonds is 16. The minimum absolute atomic E-state index is 0.0621. The lowest BCUT2D eigenvalue weighted by atomic mass is 10.1. The number of carbonyl (C=O) groups is 5. The lowest BCUT2D eigenvalue weighted by Gasteiger charge is -2.25. The van der Waals surface area contributed by atoms with Crippen LogP contribution in [0.1, 0.15) is 100.0 Å². The van der Waals surface area contributed by atoms with E-state index in [0.717, 1.165) is 5.56 Å². The fourth-order valence-corrected chi connectivity index (χ4v) is 4.10. The molecule has 0 unspecified atom stereocenters. The molecule has 272 valence electrons. The van der Waals surface area contributed by atoms with Crippen molar-refractivity contribution in [2.75, 3.05) is 19.6 Å². The minimum Gasteiger partial charge on any atom is -0.445 e. The molecule has 14 heteroatoms. The molecule has 0 saturated heterocycles. The Morgan fingerprint density at radius 1 is 0.604 bits per heavy atom. The van der Waals surface area contributed by atoms with E-state index >= 15 is 0 Å². The summed E-state index contributed by atoms with van der Waals surface area (Å²) in [5.74, 6) is -0.369. The summed E-state index contributed by atoms with van der Waals surface area (Å²) in [6.45, 7) is 16.5. The van der Waals surface area contributed by atoms with Crippen molar-refractivity contribution in [3.05, 3.63) is 35.9 Å². The number of carbonyl (C=O) groups excluding carboxylic acids is 5. The minimum atomic E-state index is -0.720. The zero-order chi connectivity index (χ0) is 36.4. The predicted molar refractivity (Wildman–Crippen MR) is 181 cm³/mol. The fourth-order valence-electron chi connectivity index (χ4n) is 4.10. The first-order chi connectivity index (χ1) is 22.2. The van der Waals surface area contributed by atoms with E-state index in [2.05, 4.69) is 26.6 Å². The summed E-state index contributed by atoms with van der Waals surface area (Å²) in [5, 5.41) is 13.7. The van der Waals surface area contributed by atoms with Gasteiger partial charge in [0.05, 0.1) is 0 Å². The number of hydrogen-bond donors (Lipinski definition) is 5. The standard InChI is InChI=1S/C34H57N5O9/c1-32(2,3)46-28(41)35-19-13-17-25(38-30(43)45-23-24-15-11-10-12-16-24)21-27(40)37-22-26(39-31(44)48-34(7,8)9)18-14-20-36-29(42)47-33(4,5)6/h10-12,15-16,25-26H,13-14,17-23H2,1-9H3,(H,35,41)(H,36,42)(H,37,40)(H,38,43)(H,39,44)/t25-,26-/m0/s1. The molecule has 0 saturated carbocycles. The highest BCUT2D eigenvalue weighted by Crippen LogP contribution is 2.10. The molecule has 0 fully saturated rings. The Kier molecular flexibility index (Phi) is 17.6. The smallest absolute Gasteiger partial charge is 0.407 e. The van der Waals surface area contributed by atoms with Crippen LogP contribution >= 0.6 is 0 Å². The van der Waals surface area contributed by atoms with Crippen molar-refractivity contribution in [1.29, 1.82) is 0 Å². The number of benzene rings is 1. The first kappa shape index (κ1) is 41.8. The average Bonchev–Trinajstić information content (AvgIpc) is 2.92. The molecule has 0 aliphatic heterocycles. The summed E-state index contributed by atoms with van der Waals surface area (Å²) in [7, 11) is 0. The molecule has 0 aliphatic carbocycles. The van der Waals surface area contributed by atoms with E-state index < -0.39 is 53.3 Å². The molecule has 0 heterocycles. The molecule has 0 radical (unpaired) electrons. The molecule has 0 aromatic heterocycles. The summed E-state index contributed by atoms with van der Waals surface area (Å²) < 4.78 is 21.2. The van der Waals surface area contributed by atoms with Gasteiger partial charge in [0.15, 0.2) is 0 Å². The number of ether oxygens (including phenoxy) is 4. The third-order valence-electron chi connectivity index (χ3n) is 6.03. The molecule has 1 aromatic rings. The molecular formula is C34H57N5O9. The third kappa shape index (κ3) is 23.1. The van der Waals surface area contributed by atoms with Crippen LogP contribution in [0.15, 0.2) is 30.3 Å². The van der Waals surface area contributed by atoms with Gasteiger partial charge >= 0.3 is 24.4 Å². The van der Waals surface area contributed by atoms with Crippen molar-refractivity contribution < 1.29 is 42.9 Å². The normalized spacial score (nSPS) is 12.9. The molecule has 1 aromatic carbocycles. The maximum atomic E-state index is 13.1. The van der Waals surface area contributed by atoms with Crippen LogP contribution < -0.4 is 26.6 Å². The summed E-state index contributed by atoms with van der Waals surface area (Å²) in [4.78, 5) is 62.2. The largest absolute Gasteiger partial charge is 0.445 e. The first-order valence-corrected chi connectivity index (χ1v) is 16.4. The van der Waals surface area contributed by atoms with Crippen LogP contribution in [0.2, 0.25) is 0 Å². The molecule has 1 rings (SSSR count). The number of hydrogen-bond acceptors (Lipinski definition) is 9. The number of nitrogens with one attached hydrogen (secondary N) is 5. The molecular weight excluding hydrogens is 622 g/mol. The van der Waals surface area contributed by atoms with Crippen molar-refractivity contribution in [2.45, 2.75) is 130 Å². The van der Waals surface area contributed by atoms with E-state index in [4.69, 9.17) is 18.9 Å². The van der Waals surface area contributed by atoms with E-state index in [1.54, 1.807) is 62.3 Å². The number of alkyl carbamates (subject to hydrolysis) is 4. The van der Waals surface area contributed by atoms with Crippen LogP contribution in [0.5, 0.6) is 0 Å². The maximum Gasteiger partial charge on any atom is 0.407 e. The number of amides is 5. The van der Waals surface area contributed by atoms with Gasteiger partial charge in [0, 0.05) is 38.1 Å². The van der Waals surface area contributed by atoms with Crippen LogP contribution in [0.3, 0.4) is 0 Å². The Labute approximate surface area is 285 Å². The summed E-state index contributed by atoms with van der Waals surface area (Å²) in [6.07, 6.45) is -0.795. The van der Waals surface area contributed by atoms with E-state index in [1.807, 2.05) is 30.3 Å². The van der Waals surface area contributed by atoms with Gasteiger partial charge in [-0.1, -0.05) is 30.3 Å². The highest BCUT2D eigenvalue weighted by molar-refractivity contribution is 5.78. The van der Waals surface area contributed by atoms with E-state index in [1.165, 1.54) is 0 Å². The highest BCUT2D eigenvalue weighted by atomic mass is 16.6. The molecule has 2 atom stereocenters. The van der Waals surface area contributed by atoms with E-state index in [-0.39, 0.29) is 32.0 Å². The predicted octanol–water partition coefficient (Wildman–Crippen LogP) is 5.29. The van der Waals surface area contributed by atoms with Crippen molar-refractivity contribution in [3.8, 4) is 0 Å². The van der Waals surface area contributed by atoms with Crippen molar-refractivity contribution in [2.24, 2.45) is 0 Å². The highest BCUT2D eigenvalue weighted by Gasteiger charge is 2.23. The van der Waals surface area contributed by atoms with Gasteiger partial charge in [-0.2, -0.15) is 0 Å². The Hall–Kier alpha value is -4.23. The molecule has 0 bridgehead atoms. The Morgan fingerprint density at radius 3 is 1.56 bits per heavy atom. The van der Waals surface area contributed by atoms with Crippen LogP contribution in [0, 0.1) is 0 Å². The van der Waals surface area contributed by atoms with Gasteiger partial charge in [0.2, 0.25) is 5.91 Å². The molecule has 48 heavy (non-hydrogen) atoms. The van der Waals surface area contributed by atoms with Gasteiger partial charge in [-0.25, -0.2) is 19.2 Å². The van der Waals surface area contributed by atoms with Gasteiger partial charge in [-0.05, 0) is 93.6 Å².